The molecule has 0 spiro atoms. The molecule has 1 aliphatic heterocycles. The number of halogens is 1. The van der Waals surface area contributed by atoms with Gasteiger partial charge in [-0.25, -0.2) is 9.78 Å². The lowest BCUT2D eigenvalue weighted by Gasteiger charge is -2.18. The van der Waals surface area contributed by atoms with Crippen molar-refractivity contribution >= 4 is 39.4 Å². The van der Waals surface area contributed by atoms with Crippen LogP contribution in [0, 0.1) is 0 Å². The number of benzene rings is 1. The largest absolute Gasteiger partial charge is 0.357 e. The Kier molecular flexibility index (Phi) is 6.28. The molecule has 2 aromatic rings. The van der Waals surface area contributed by atoms with Crippen molar-refractivity contribution in [3.8, 4) is 0 Å². The lowest BCUT2D eigenvalue weighted by Crippen LogP contribution is -2.35. The van der Waals surface area contributed by atoms with Gasteiger partial charge in [0.25, 0.3) is 0 Å². The number of urea groups is 1. The fraction of sp³-hybridized carbons (Fsp3) is 0.316. The summed E-state index contributed by atoms with van der Waals surface area (Å²) >= 11 is 3.37. The third-order valence-corrected chi connectivity index (χ3v) is 4.97. The van der Waals surface area contributed by atoms with Gasteiger partial charge in [-0.3, -0.25) is 4.79 Å². The third-order valence-electron chi connectivity index (χ3n) is 4.44. The zero-order valence-corrected chi connectivity index (χ0v) is 16.4. The van der Waals surface area contributed by atoms with Gasteiger partial charge in [0.2, 0.25) is 5.91 Å². The van der Waals surface area contributed by atoms with E-state index >= 15 is 0 Å². The zero-order chi connectivity index (χ0) is 19.2. The summed E-state index contributed by atoms with van der Waals surface area (Å²) in [5, 5.41) is 5.44. The molecule has 4 N–H and O–H groups in total. The summed E-state index contributed by atoms with van der Waals surface area (Å²) < 4.78 is 0.915. The van der Waals surface area contributed by atoms with E-state index in [0.29, 0.717) is 5.69 Å². The Hall–Kier alpha value is -2.61. The number of hydrogen-bond acceptors (Lipinski definition) is 4. The average Bonchev–Trinajstić information content (AvgIpc) is 3.17. The number of pyridine rings is 1. The van der Waals surface area contributed by atoms with Crippen LogP contribution in [0.3, 0.4) is 0 Å². The molecule has 1 atom stereocenters. The van der Waals surface area contributed by atoms with Gasteiger partial charge in [0.05, 0.1) is 24.3 Å². The van der Waals surface area contributed by atoms with Crippen LogP contribution >= 0.6 is 15.9 Å². The summed E-state index contributed by atoms with van der Waals surface area (Å²) in [4.78, 5) is 30.4. The number of nitrogens with one attached hydrogen (secondary N) is 2. The molecular formula is C19H22BrN5O2. The van der Waals surface area contributed by atoms with Crippen LogP contribution in [-0.4, -0.2) is 30.0 Å². The molecule has 8 heteroatoms. The second-order valence-electron chi connectivity index (χ2n) is 6.46. The first-order valence-corrected chi connectivity index (χ1v) is 9.63. The van der Waals surface area contributed by atoms with Gasteiger partial charge in [-0.15, -0.1) is 0 Å². The molecule has 27 heavy (non-hydrogen) atoms. The summed E-state index contributed by atoms with van der Waals surface area (Å²) in [6.45, 7) is 2.04. The lowest BCUT2D eigenvalue weighted by atomic mass is 10.0. The van der Waals surface area contributed by atoms with E-state index in [1.54, 1.807) is 6.20 Å². The summed E-state index contributed by atoms with van der Waals surface area (Å²) in [5.41, 5.74) is 6.68. The average molecular weight is 432 g/mol. The van der Waals surface area contributed by atoms with Gasteiger partial charge in [0.1, 0.15) is 5.82 Å². The molecule has 3 rings (SSSR count). The second-order valence-corrected chi connectivity index (χ2v) is 7.38. The van der Waals surface area contributed by atoms with Crippen molar-refractivity contribution in [2.45, 2.75) is 25.3 Å². The van der Waals surface area contributed by atoms with Crippen molar-refractivity contribution in [3.63, 3.8) is 0 Å². The Labute approximate surface area is 166 Å². The first-order valence-electron chi connectivity index (χ1n) is 8.83. The topological polar surface area (TPSA) is 100 Å². The Morgan fingerprint density at radius 3 is 2.44 bits per heavy atom. The molecule has 3 amide bonds. The molecule has 1 saturated heterocycles. The fourth-order valence-electron chi connectivity index (χ4n) is 3.11. The number of rotatable bonds is 6. The number of carbonyl (C=O) groups excluding carboxylic acids is 2. The SMILES string of the molecule is NC(=O)N[C@@H](CC(=O)Nc1ccc(N2CCCC2)nc1)c1ccc(Br)cc1. The van der Waals surface area contributed by atoms with Crippen LogP contribution in [0.4, 0.5) is 16.3 Å². The number of aromatic nitrogens is 1. The van der Waals surface area contributed by atoms with Gasteiger partial charge in [-0.1, -0.05) is 28.1 Å². The minimum Gasteiger partial charge on any atom is -0.357 e. The van der Waals surface area contributed by atoms with Crippen molar-refractivity contribution < 1.29 is 9.59 Å². The van der Waals surface area contributed by atoms with E-state index in [1.165, 1.54) is 12.8 Å². The van der Waals surface area contributed by atoms with Crippen LogP contribution in [0.15, 0.2) is 47.1 Å². The molecule has 1 fully saturated rings. The van der Waals surface area contributed by atoms with E-state index in [4.69, 9.17) is 5.73 Å². The highest BCUT2D eigenvalue weighted by atomic mass is 79.9. The highest BCUT2D eigenvalue weighted by Gasteiger charge is 2.18. The van der Waals surface area contributed by atoms with E-state index in [-0.39, 0.29) is 12.3 Å². The minimum atomic E-state index is -0.674. The van der Waals surface area contributed by atoms with Gasteiger partial charge in [-0.05, 0) is 42.7 Å². The normalized spacial score (nSPS) is 14.6. The van der Waals surface area contributed by atoms with Gasteiger partial charge in [-0.2, -0.15) is 0 Å². The third kappa shape index (κ3) is 5.43. The van der Waals surface area contributed by atoms with Crippen LogP contribution in [-0.2, 0) is 4.79 Å². The van der Waals surface area contributed by atoms with Crippen LogP contribution in [0.2, 0.25) is 0 Å². The Bertz CT molecular complexity index is 789. The molecule has 1 aromatic carbocycles. The quantitative estimate of drug-likeness (QED) is 0.653. The van der Waals surface area contributed by atoms with E-state index in [2.05, 4.69) is 36.4 Å². The van der Waals surface area contributed by atoms with E-state index in [1.807, 2.05) is 36.4 Å². The molecule has 0 unspecified atom stereocenters. The van der Waals surface area contributed by atoms with E-state index in [0.717, 1.165) is 28.9 Å². The Morgan fingerprint density at radius 1 is 1.15 bits per heavy atom. The van der Waals surface area contributed by atoms with Crippen molar-refractivity contribution in [2.75, 3.05) is 23.3 Å². The molecule has 1 aromatic heterocycles. The standard InChI is InChI=1S/C19H22BrN5O2/c20-14-5-3-13(4-6-14)16(24-19(21)27)11-18(26)23-15-7-8-17(22-12-15)25-9-1-2-10-25/h3-8,12,16H,1-2,9-11H2,(H,23,26)(H3,21,24,27)/t16-/m0/s1. The molecule has 0 aliphatic carbocycles. The number of hydrogen-bond donors (Lipinski definition) is 3. The summed E-state index contributed by atoms with van der Waals surface area (Å²) in [6.07, 6.45) is 4.09. The number of primary amides is 1. The summed E-state index contributed by atoms with van der Waals surface area (Å²) in [6, 6.07) is 9.95. The smallest absolute Gasteiger partial charge is 0.312 e. The van der Waals surface area contributed by atoms with Crippen LogP contribution in [0.25, 0.3) is 0 Å². The predicted octanol–water partition coefficient (Wildman–Crippen LogP) is 3.18. The van der Waals surface area contributed by atoms with Gasteiger partial charge < -0.3 is 21.3 Å². The Morgan fingerprint density at radius 2 is 1.85 bits per heavy atom. The highest BCUT2D eigenvalue weighted by Crippen LogP contribution is 2.22. The van der Waals surface area contributed by atoms with Gasteiger partial charge in [0, 0.05) is 17.6 Å². The van der Waals surface area contributed by atoms with Crippen molar-refractivity contribution in [3.05, 3.63) is 52.6 Å². The van der Waals surface area contributed by atoms with Gasteiger partial charge >= 0.3 is 6.03 Å². The number of nitrogens with zero attached hydrogens (tertiary/aromatic N) is 2. The zero-order valence-electron chi connectivity index (χ0n) is 14.8. The molecule has 0 radical (unpaired) electrons. The summed E-state index contributed by atoms with van der Waals surface area (Å²) in [5.74, 6) is 0.695. The molecule has 0 bridgehead atoms. The van der Waals surface area contributed by atoms with Crippen molar-refractivity contribution in [1.82, 2.24) is 10.3 Å². The number of carbonyl (C=O) groups is 2. The molecule has 7 nitrogen and oxygen atoms in total. The van der Waals surface area contributed by atoms with Gasteiger partial charge in [0.15, 0.2) is 0 Å². The number of anilines is 2. The minimum absolute atomic E-state index is 0.0679. The predicted molar refractivity (Wildman–Crippen MR) is 109 cm³/mol. The van der Waals surface area contributed by atoms with E-state index < -0.39 is 12.1 Å². The maximum Gasteiger partial charge on any atom is 0.312 e. The summed E-state index contributed by atoms with van der Waals surface area (Å²) in [7, 11) is 0. The second kappa shape index (κ2) is 8.85. The highest BCUT2D eigenvalue weighted by molar-refractivity contribution is 9.10. The van der Waals surface area contributed by atoms with Crippen molar-refractivity contribution in [1.29, 1.82) is 0 Å². The van der Waals surface area contributed by atoms with Crippen molar-refractivity contribution in [2.24, 2.45) is 5.73 Å². The first kappa shape index (κ1) is 19.2. The molecule has 0 saturated carbocycles. The van der Waals surface area contributed by atoms with Crippen LogP contribution < -0.4 is 21.3 Å². The molecule has 1 aliphatic rings. The maximum atomic E-state index is 12.4. The molecular weight excluding hydrogens is 410 g/mol. The monoisotopic (exact) mass is 431 g/mol. The van der Waals surface area contributed by atoms with Crippen LogP contribution in [0.5, 0.6) is 0 Å². The fourth-order valence-corrected chi connectivity index (χ4v) is 3.37. The lowest BCUT2D eigenvalue weighted by molar-refractivity contribution is -0.116. The number of nitrogens with two attached hydrogens (primary N) is 1. The van der Waals surface area contributed by atoms with Crippen LogP contribution in [0.1, 0.15) is 30.9 Å². The van der Waals surface area contributed by atoms with E-state index in [9.17, 15) is 9.59 Å². The molecule has 2 heterocycles. The number of amides is 3. The molecule has 142 valence electrons. The maximum absolute atomic E-state index is 12.4. The first-order chi connectivity index (χ1) is 13.0. The Balaban J connectivity index is 1.63.